The summed E-state index contributed by atoms with van der Waals surface area (Å²) in [5.41, 5.74) is 7.71. The predicted octanol–water partition coefficient (Wildman–Crippen LogP) is 3.74. The van der Waals surface area contributed by atoms with Gasteiger partial charge in [-0.3, -0.25) is 0 Å². The molecule has 0 atom stereocenters. The molecular weight excluding hydrogens is 212 g/mol. The molecule has 0 saturated heterocycles. The first-order chi connectivity index (χ1) is 6.56. The van der Waals surface area contributed by atoms with Crippen LogP contribution in [-0.2, 0) is 5.92 Å². The van der Waals surface area contributed by atoms with Gasteiger partial charge < -0.3 is 0 Å². The second-order valence-electron chi connectivity index (χ2n) is 2.60. The molecule has 0 aliphatic heterocycles. The highest BCUT2D eigenvalue weighted by atomic mass is 35.5. The average Bonchev–Trinajstić information content (AvgIpc) is 2.16. The van der Waals surface area contributed by atoms with Crippen molar-refractivity contribution >= 4 is 11.6 Å². The highest BCUT2D eigenvalue weighted by molar-refractivity contribution is 6.30. The molecule has 0 heterocycles. The number of azide groups is 1. The van der Waals surface area contributed by atoms with Crippen molar-refractivity contribution in [3.8, 4) is 0 Å². The van der Waals surface area contributed by atoms with E-state index in [1.54, 1.807) is 0 Å². The fraction of sp³-hybridized carbons (Fsp3) is 0.250. The van der Waals surface area contributed by atoms with E-state index in [4.69, 9.17) is 17.1 Å². The van der Waals surface area contributed by atoms with Crippen LogP contribution >= 0.6 is 11.6 Å². The summed E-state index contributed by atoms with van der Waals surface area (Å²) in [7, 11) is 0. The Morgan fingerprint density at radius 1 is 1.36 bits per heavy atom. The molecule has 0 amide bonds. The van der Waals surface area contributed by atoms with E-state index >= 15 is 0 Å². The van der Waals surface area contributed by atoms with Gasteiger partial charge in [0.15, 0.2) is 0 Å². The van der Waals surface area contributed by atoms with E-state index in [9.17, 15) is 8.78 Å². The van der Waals surface area contributed by atoms with Crippen LogP contribution < -0.4 is 0 Å². The number of hydrogen-bond acceptors (Lipinski definition) is 1. The summed E-state index contributed by atoms with van der Waals surface area (Å²) in [5, 5.41) is 3.22. The van der Waals surface area contributed by atoms with E-state index in [-0.39, 0.29) is 5.56 Å². The van der Waals surface area contributed by atoms with E-state index in [1.807, 2.05) is 0 Å². The maximum atomic E-state index is 13.2. The lowest BCUT2D eigenvalue weighted by molar-refractivity contribution is 0.00611. The van der Waals surface area contributed by atoms with Gasteiger partial charge in [-0.2, -0.15) is 0 Å². The van der Waals surface area contributed by atoms with Gasteiger partial charge in [0.2, 0.25) is 0 Å². The van der Waals surface area contributed by atoms with Crippen molar-refractivity contribution in [3.05, 3.63) is 45.3 Å². The first kappa shape index (κ1) is 10.8. The van der Waals surface area contributed by atoms with Crippen LogP contribution in [0.3, 0.4) is 0 Å². The quantitative estimate of drug-likeness (QED) is 0.421. The van der Waals surface area contributed by atoms with Gasteiger partial charge in [-0.1, -0.05) is 28.8 Å². The first-order valence-corrected chi connectivity index (χ1v) is 4.09. The standard InChI is InChI=1S/C8H6ClF2N3/c9-7-3-1-6(2-4-7)8(10,11)5-13-14-12/h1-4H,5H2. The summed E-state index contributed by atoms with van der Waals surface area (Å²) >= 11 is 5.54. The third-order valence-corrected chi connectivity index (χ3v) is 1.85. The van der Waals surface area contributed by atoms with Gasteiger partial charge >= 0.3 is 0 Å². The van der Waals surface area contributed by atoms with E-state index in [0.29, 0.717) is 5.02 Å². The second-order valence-corrected chi connectivity index (χ2v) is 3.04. The minimum absolute atomic E-state index is 0.214. The van der Waals surface area contributed by atoms with Crippen LogP contribution in [0.5, 0.6) is 0 Å². The number of nitrogens with zero attached hydrogens (tertiary/aromatic N) is 3. The molecule has 0 aliphatic rings. The topological polar surface area (TPSA) is 48.8 Å². The minimum Gasteiger partial charge on any atom is -0.201 e. The second kappa shape index (κ2) is 4.26. The molecule has 3 nitrogen and oxygen atoms in total. The summed E-state index contributed by atoms with van der Waals surface area (Å²) < 4.78 is 26.3. The summed E-state index contributed by atoms with van der Waals surface area (Å²) in [6.07, 6.45) is 0. The Bertz CT molecular complexity index is 357. The monoisotopic (exact) mass is 217 g/mol. The Morgan fingerprint density at radius 3 is 2.43 bits per heavy atom. The summed E-state index contributed by atoms with van der Waals surface area (Å²) in [5.74, 6) is -3.14. The Morgan fingerprint density at radius 2 is 1.93 bits per heavy atom. The third-order valence-electron chi connectivity index (χ3n) is 1.60. The van der Waals surface area contributed by atoms with Gasteiger partial charge in [-0.15, -0.1) is 0 Å². The zero-order valence-corrected chi connectivity index (χ0v) is 7.75. The Balaban J connectivity index is 2.91. The van der Waals surface area contributed by atoms with Crippen molar-refractivity contribution in [2.24, 2.45) is 5.11 Å². The minimum atomic E-state index is -3.14. The zero-order valence-electron chi connectivity index (χ0n) is 6.99. The highest BCUT2D eigenvalue weighted by Gasteiger charge is 2.30. The van der Waals surface area contributed by atoms with Gasteiger partial charge in [0.25, 0.3) is 5.92 Å². The van der Waals surface area contributed by atoms with Crippen molar-refractivity contribution < 1.29 is 8.78 Å². The molecule has 0 fully saturated rings. The molecule has 0 bridgehead atoms. The lowest BCUT2D eigenvalue weighted by Gasteiger charge is -2.13. The van der Waals surface area contributed by atoms with Crippen molar-refractivity contribution in [2.75, 3.05) is 6.54 Å². The third kappa shape index (κ3) is 2.58. The first-order valence-electron chi connectivity index (χ1n) is 3.71. The fourth-order valence-corrected chi connectivity index (χ4v) is 1.03. The fourth-order valence-electron chi connectivity index (χ4n) is 0.905. The maximum absolute atomic E-state index is 13.2. The van der Waals surface area contributed by atoms with Crippen molar-refractivity contribution in [3.63, 3.8) is 0 Å². The Kier molecular flexibility index (Phi) is 3.28. The maximum Gasteiger partial charge on any atom is 0.278 e. The van der Waals surface area contributed by atoms with Crippen LogP contribution in [0.4, 0.5) is 8.78 Å². The van der Waals surface area contributed by atoms with Gasteiger partial charge in [0, 0.05) is 15.5 Å². The molecule has 0 unspecified atom stereocenters. The number of halogens is 3. The van der Waals surface area contributed by atoms with Crippen LogP contribution in [0.1, 0.15) is 5.56 Å². The molecule has 1 aromatic rings. The molecule has 0 radical (unpaired) electrons. The van der Waals surface area contributed by atoms with Crippen molar-refractivity contribution in [2.45, 2.75) is 5.92 Å². The zero-order chi connectivity index (χ0) is 10.6. The normalized spacial score (nSPS) is 10.8. The highest BCUT2D eigenvalue weighted by Crippen LogP contribution is 2.29. The number of benzene rings is 1. The Hall–Kier alpha value is -1.32. The largest absolute Gasteiger partial charge is 0.278 e. The summed E-state index contributed by atoms with van der Waals surface area (Å²) in [6.45, 7) is -0.884. The lowest BCUT2D eigenvalue weighted by Crippen LogP contribution is -2.16. The van der Waals surface area contributed by atoms with Crippen LogP contribution in [0, 0.1) is 0 Å². The predicted molar refractivity (Wildman–Crippen MR) is 49.4 cm³/mol. The van der Waals surface area contributed by atoms with Gasteiger partial charge in [-0.25, -0.2) is 8.78 Å². The number of rotatable bonds is 3. The van der Waals surface area contributed by atoms with E-state index in [1.165, 1.54) is 24.3 Å². The van der Waals surface area contributed by atoms with Crippen LogP contribution in [-0.4, -0.2) is 6.54 Å². The lowest BCUT2D eigenvalue weighted by atomic mass is 10.1. The molecule has 1 rings (SSSR count). The molecule has 1 aromatic carbocycles. The van der Waals surface area contributed by atoms with Gasteiger partial charge in [-0.05, 0) is 17.7 Å². The molecule has 0 aliphatic carbocycles. The molecule has 0 N–H and O–H groups in total. The van der Waals surface area contributed by atoms with E-state index in [2.05, 4.69) is 10.0 Å². The summed E-state index contributed by atoms with van der Waals surface area (Å²) in [6, 6.07) is 5.13. The van der Waals surface area contributed by atoms with Crippen LogP contribution in [0.2, 0.25) is 5.02 Å². The van der Waals surface area contributed by atoms with Crippen LogP contribution in [0.15, 0.2) is 29.4 Å². The molecule has 0 saturated carbocycles. The molecule has 0 aromatic heterocycles. The van der Waals surface area contributed by atoms with Gasteiger partial charge in [0.1, 0.15) is 0 Å². The van der Waals surface area contributed by atoms with Crippen LogP contribution in [0.25, 0.3) is 10.4 Å². The number of alkyl halides is 2. The average molecular weight is 218 g/mol. The Labute approximate surface area is 83.9 Å². The molecule has 6 heteroatoms. The van der Waals surface area contributed by atoms with Crippen molar-refractivity contribution in [1.82, 2.24) is 0 Å². The van der Waals surface area contributed by atoms with Crippen molar-refractivity contribution in [1.29, 1.82) is 0 Å². The summed E-state index contributed by atoms with van der Waals surface area (Å²) in [4.78, 5) is 2.28. The molecule has 0 spiro atoms. The molecule has 74 valence electrons. The molecular formula is C8H6ClF2N3. The van der Waals surface area contributed by atoms with Gasteiger partial charge in [0.05, 0.1) is 6.54 Å². The van der Waals surface area contributed by atoms with E-state index < -0.39 is 12.5 Å². The van der Waals surface area contributed by atoms with E-state index in [0.717, 1.165) is 0 Å². The molecule has 14 heavy (non-hydrogen) atoms. The smallest absolute Gasteiger partial charge is 0.201 e. The number of hydrogen-bond donors (Lipinski definition) is 0. The SMILES string of the molecule is [N-]=[N+]=NCC(F)(F)c1ccc(Cl)cc1.